The number of carbonyl (C=O) groups is 1. The molecule has 0 aliphatic rings. The highest BCUT2D eigenvalue weighted by Crippen LogP contribution is 2.18. The molecule has 0 saturated heterocycles. The van der Waals surface area contributed by atoms with Crippen molar-refractivity contribution < 1.29 is 18.1 Å². The first-order valence-corrected chi connectivity index (χ1v) is 9.84. The van der Waals surface area contributed by atoms with Gasteiger partial charge in [-0.3, -0.25) is 4.79 Å². The minimum Gasteiger partial charge on any atom is -0.377 e. The molecular formula is C14H32O4SSi. The van der Waals surface area contributed by atoms with E-state index in [0.717, 1.165) is 12.5 Å². The minimum atomic E-state index is -2.30. The standard InChI is InChI=1S/C13H30O3Si.CH2OS/c1-5-6-7-8-9-10-11-12-13-17(14-2,15-3)16-4;2-1-3/h5-13H2,1-4H3;1H,(H,2,3). The molecular weight excluding hydrogens is 292 g/mol. The lowest BCUT2D eigenvalue weighted by Gasteiger charge is -2.24. The van der Waals surface area contributed by atoms with Gasteiger partial charge in [0.15, 0.2) is 5.62 Å². The Labute approximate surface area is 131 Å². The molecule has 0 unspecified atom stereocenters. The summed E-state index contributed by atoms with van der Waals surface area (Å²) in [4.78, 5) is 8.67. The Bertz CT molecular complexity index is 193. The minimum absolute atomic E-state index is 0.444. The maximum absolute atomic E-state index is 8.67. The summed E-state index contributed by atoms with van der Waals surface area (Å²) in [7, 11) is 2.75. The van der Waals surface area contributed by atoms with E-state index in [2.05, 4.69) is 19.6 Å². The van der Waals surface area contributed by atoms with Crippen LogP contribution in [-0.2, 0) is 18.1 Å². The van der Waals surface area contributed by atoms with Gasteiger partial charge in [-0.25, -0.2) is 0 Å². The van der Waals surface area contributed by atoms with Crippen LogP contribution in [-0.4, -0.2) is 35.8 Å². The summed E-state index contributed by atoms with van der Waals surface area (Å²) in [5.74, 6) is 0. The quantitative estimate of drug-likeness (QED) is 0.254. The van der Waals surface area contributed by atoms with Crippen molar-refractivity contribution in [1.29, 1.82) is 0 Å². The van der Waals surface area contributed by atoms with Crippen molar-refractivity contribution in [1.82, 2.24) is 0 Å². The molecule has 0 aromatic heterocycles. The van der Waals surface area contributed by atoms with Crippen molar-refractivity contribution in [3.05, 3.63) is 0 Å². The first-order valence-electron chi connectivity index (χ1n) is 7.39. The molecule has 0 spiro atoms. The summed E-state index contributed by atoms with van der Waals surface area (Å²) in [6.07, 6.45) is 10.6. The van der Waals surface area contributed by atoms with E-state index in [1.165, 1.54) is 44.9 Å². The summed E-state index contributed by atoms with van der Waals surface area (Å²) in [5, 5.41) is 0. The summed E-state index contributed by atoms with van der Waals surface area (Å²) >= 11 is 3.11. The van der Waals surface area contributed by atoms with Crippen LogP contribution in [0.1, 0.15) is 58.3 Å². The van der Waals surface area contributed by atoms with E-state index >= 15 is 0 Å². The third-order valence-electron chi connectivity index (χ3n) is 3.27. The lowest BCUT2D eigenvalue weighted by molar-refractivity contribution is 0.122. The molecule has 0 N–H and O–H groups in total. The van der Waals surface area contributed by atoms with Gasteiger partial charge >= 0.3 is 8.80 Å². The zero-order valence-electron chi connectivity index (χ0n) is 13.5. The smallest absolute Gasteiger partial charge is 0.377 e. The molecule has 0 aromatic carbocycles. The number of unbranched alkanes of at least 4 members (excludes halogenated alkanes) is 7. The maximum Gasteiger partial charge on any atom is 0.500 e. The summed E-state index contributed by atoms with van der Waals surface area (Å²) in [5.41, 5.74) is 0.444. The Morgan fingerprint density at radius 1 is 0.850 bits per heavy atom. The van der Waals surface area contributed by atoms with Crippen molar-refractivity contribution in [3.63, 3.8) is 0 Å². The van der Waals surface area contributed by atoms with E-state index in [-0.39, 0.29) is 0 Å². The Morgan fingerprint density at radius 2 is 1.20 bits per heavy atom. The van der Waals surface area contributed by atoms with Gasteiger partial charge in [-0.2, -0.15) is 0 Å². The zero-order chi connectivity index (χ0) is 15.7. The maximum atomic E-state index is 8.67. The van der Waals surface area contributed by atoms with Crippen molar-refractivity contribution in [2.75, 3.05) is 21.3 Å². The van der Waals surface area contributed by atoms with Gasteiger partial charge in [-0.1, -0.05) is 51.9 Å². The largest absolute Gasteiger partial charge is 0.500 e. The van der Waals surface area contributed by atoms with Crippen LogP contribution in [0.3, 0.4) is 0 Å². The molecule has 0 aliphatic carbocycles. The van der Waals surface area contributed by atoms with Crippen molar-refractivity contribution in [3.8, 4) is 0 Å². The number of rotatable bonds is 12. The highest BCUT2D eigenvalue weighted by atomic mass is 32.1. The average Bonchev–Trinajstić information content (AvgIpc) is 2.47. The molecule has 4 nitrogen and oxygen atoms in total. The topological polar surface area (TPSA) is 44.8 Å². The third-order valence-corrected chi connectivity index (χ3v) is 6.10. The van der Waals surface area contributed by atoms with Gasteiger partial charge in [0, 0.05) is 27.4 Å². The Hall–Kier alpha value is 0.117. The monoisotopic (exact) mass is 324 g/mol. The Morgan fingerprint density at radius 3 is 1.55 bits per heavy atom. The number of carbonyl (C=O) groups excluding carboxylic acids is 1. The molecule has 122 valence electrons. The van der Waals surface area contributed by atoms with Gasteiger partial charge in [-0.05, 0) is 6.42 Å². The third kappa shape index (κ3) is 13.1. The van der Waals surface area contributed by atoms with Crippen LogP contribution in [0.4, 0.5) is 0 Å². The van der Waals surface area contributed by atoms with Crippen LogP contribution in [0.25, 0.3) is 0 Å². The van der Waals surface area contributed by atoms with E-state index in [0.29, 0.717) is 5.62 Å². The zero-order valence-corrected chi connectivity index (χ0v) is 15.4. The second kappa shape index (κ2) is 17.2. The number of hydrogen-bond acceptors (Lipinski definition) is 4. The number of hydrogen-bond donors (Lipinski definition) is 1. The van der Waals surface area contributed by atoms with Crippen molar-refractivity contribution in [2.45, 2.75) is 64.3 Å². The van der Waals surface area contributed by atoms with Crippen LogP contribution in [0.5, 0.6) is 0 Å². The van der Waals surface area contributed by atoms with Gasteiger partial charge in [0.1, 0.15) is 0 Å². The van der Waals surface area contributed by atoms with Gasteiger partial charge in [-0.15, -0.1) is 12.6 Å². The van der Waals surface area contributed by atoms with Crippen molar-refractivity contribution in [2.24, 2.45) is 0 Å². The highest BCUT2D eigenvalue weighted by molar-refractivity contribution is 7.94. The molecule has 0 heterocycles. The molecule has 0 amide bonds. The molecule has 20 heavy (non-hydrogen) atoms. The van der Waals surface area contributed by atoms with Crippen LogP contribution in [0, 0.1) is 0 Å². The van der Waals surface area contributed by atoms with Crippen LogP contribution < -0.4 is 0 Å². The molecule has 0 radical (unpaired) electrons. The van der Waals surface area contributed by atoms with Crippen LogP contribution >= 0.6 is 12.6 Å². The highest BCUT2D eigenvalue weighted by Gasteiger charge is 2.36. The predicted molar refractivity (Wildman–Crippen MR) is 89.9 cm³/mol. The first-order chi connectivity index (χ1) is 9.66. The normalized spacial score (nSPS) is 10.8. The molecule has 0 rings (SSSR count). The second-order valence-electron chi connectivity index (χ2n) is 4.63. The van der Waals surface area contributed by atoms with Crippen molar-refractivity contribution >= 4 is 27.1 Å². The summed E-state index contributed by atoms with van der Waals surface area (Å²) in [6, 6.07) is 0.936. The fourth-order valence-electron chi connectivity index (χ4n) is 2.03. The summed E-state index contributed by atoms with van der Waals surface area (Å²) < 4.78 is 16.2. The van der Waals surface area contributed by atoms with Gasteiger partial charge in [0.05, 0.1) is 0 Å². The van der Waals surface area contributed by atoms with Gasteiger partial charge in [0.2, 0.25) is 0 Å². The van der Waals surface area contributed by atoms with Gasteiger partial charge < -0.3 is 13.3 Å². The summed E-state index contributed by atoms with van der Waals surface area (Å²) in [6.45, 7) is 2.25. The fourth-order valence-corrected chi connectivity index (χ4v) is 3.83. The van der Waals surface area contributed by atoms with E-state index in [1.54, 1.807) is 21.3 Å². The lowest BCUT2D eigenvalue weighted by atomic mass is 10.1. The van der Waals surface area contributed by atoms with E-state index in [4.69, 9.17) is 18.1 Å². The molecule has 0 fully saturated rings. The fraction of sp³-hybridized carbons (Fsp3) is 0.929. The number of thiol groups is 1. The molecule has 0 aliphatic heterocycles. The van der Waals surface area contributed by atoms with Crippen LogP contribution in [0.15, 0.2) is 0 Å². The molecule has 0 aromatic rings. The average molecular weight is 325 g/mol. The molecule has 0 saturated carbocycles. The predicted octanol–water partition coefficient (Wildman–Crippen LogP) is 4.11. The lowest BCUT2D eigenvalue weighted by Crippen LogP contribution is -2.42. The molecule has 6 heteroatoms. The van der Waals surface area contributed by atoms with E-state index < -0.39 is 8.80 Å². The SMILES string of the molecule is CCCCCCCCCC[Si](OC)(OC)OC.O=CS. The molecule has 0 bridgehead atoms. The first kappa shape index (κ1) is 22.4. The molecule has 0 atom stereocenters. The Kier molecular flexibility index (Phi) is 19.2. The second-order valence-corrected chi connectivity index (χ2v) is 7.93. The van der Waals surface area contributed by atoms with Gasteiger partial charge in [0.25, 0.3) is 0 Å². The van der Waals surface area contributed by atoms with E-state index in [1.807, 2.05) is 0 Å². The Balaban J connectivity index is 0. The van der Waals surface area contributed by atoms with E-state index in [9.17, 15) is 0 Å². The van der Waals surface area contributed by atoms with Crippen LogP contribution in [0.2, 0.25) is 6.04 Å².